The highest BCUT2D eigenvalue weighted by molar-refractivity contribution is 6.30. The van der Waals surface area contributed by atoms with Crippen LogP contribution in [-0.4, -0.2) is 47.6 Å². The lowest BCUT2D eigenvalue weighted by Crippen LogP contribution is -2.53. The molecule has 0 aromatic heterocycles. The quantitative estimate of drug-likeness (QED) is 0.283. The van der Waals surface area contributed by atoms with Crippen LogP contribution in [0.3, 0.4) is 0 Å². The molecule has 1 heterocycles. The van der Waals surface area contributed by atoms with Crippen LogP contribution in [0.25, 0.3) is 0 Å². The Morgan fingerprint density at radius 1 is 1.12 bits per heavy atom. The van der Waals surface area contributed by atoms with Crippen molar-refractivity contribution in [1.82, 2.24) is 16.0 Å². The minimum absolute atomic E-state index is 0.0364. The first-order valence-electron chi connectivity index (χ1n) is 13.6. The van der Waals surface area contributed by atoms with Gasteiger partial charge >= 0.3 is 12.1 Å². The normalized spacial score (nSPS) is 17.3. The van der Waals surface area contributed by atoms with Gasteiger partial charge in [-0.25, -0.2) is 14.0 Å². The first-order chi connectivity index (χ1) is 19.3. The molecule has 0 radical (unpaired) electrons. The molecule has 2 aromatic rings. The second-order valence-corrected chi connectivity index (χ2v) is 11.7. The van der Waals surface area contributed by atoms with Gasteiger partial charge < -0.3 is 25.8 Å². The Morgan fingerprint density at radius 3 is 2.37 bits per heavy atom. The number of alkyl carbamates (subject to hydrolysis) is 1. The number of benzene rings is 2. The first kappa shape index (κ1) is 31.9. The fourth-order valence-electron chi connectivity index (χ4n) is 4.94. The Balaban J connectivity index is 1.82. The number of halogens is 2. The van der Waals surface area contributed by atoms with Crippen LogP contribution >= 0.6 is 11.6 Å². The smallest absolute Gasteiger partial charge is 0.408 e. The van der Waals surface area contributed by atoms with Gasteiger partial charge in [0.2, 0.25) is 11.8 Å². The third-order valence-electron chi connectivity index (χ3n) is 7.24. The molecule has 1 saturated heterocycles. The van der Waals surface area contributed by atoms with Crippen molar-refractivity contribution >= 4 is 35.5 Å². The van der Waals surface area contributed by atoms with E-state index in [0.717, 1.165) is 5.56 Å². The van der Waals surface area contributed by atoms with E-state index in [0.29, 0.717) is 23.6 Å². The SMILES string of the molecule is CC(C)C[C@H](NC(=O)OC(c1ccc(F)cc1)C(C)(C)c1cccc(Cl)c1)C(=O)N[C@@H](C[C@@H]1CCNC1=O)C(=O)O. The van der Waals surface area contributed by atoms with Crippen LogP contribution in [0.5, 0.6) is 0 Å². The summed E-state index contributed by atoms with van der Waals surface area (Å²) in [5.41, 5.74) is 0.465. The number of rotatable bonds is 12. The molecule has 0 spiro atoms. The summed E-state index contributed by atoms with van der Waals surface area (Å²) in [6, 6.07) is 10.3. The second kappa shape index (κ2) is 13.8. The largest absolute Gasteiger partial charge is 0.480 e. The van der Waals surface area contributed by atoms with Crippen LogP contribution in [0.1, 0.15) is 64.2 Å². The third kappa shape index (κ3) is 8.66. The Bertz CT molecular complexity index is 1250. The van der Waals surface area contributed by atoms with E-state index in [-0.39, 0.29) is 24.7 Å². The number of carbonyl (C=O) groups is 4. The lowest BCUT2D eigenvalue weighted by atomic mass is 9.76. The number of carboxylic acid groups (broad SMARTS) is 1. The van der Waals surface area contributed by atoms with Gasteiger partial charge in [-0.1, -0.05) is 63.6 Å². The van der Waals surface area contributed by atoms with Crippen LogP contribution in [0.2, 0.25) is 5.02 Å². The van der Waals surface area contributed by atoms with Gasteiger partial charge in [0.05, 0.1) is 0 Å². The molecule has 9 nitrogen and oxygen atoms in total. The molecule has 1 unspecified atom stereocenters. The van der Waals surface area contributed by atoms with Gasteiger partial charge in [0.25, 0.3) is 0 Å². The summed E-state index contributed by atoms with van der Waals surface area (Å²) in [6.45, 7) is 7.88. The van der Waals surface area contributed by atoms with E-state index < -0.39 is 53.3 Å². The number of amides is 3. The van der Waals surface area contributed by atoms with Crippen molar-refractivity contribution in [2.45, 2.75) is 70.6 Å². The fraction of sp³-hybridized carbons (Fsp3) is 0.467. The monoisotopic (exact) mass is 589 g/mol. The number of aliphatic carboxylic acids is 1. The van der Waals surface area contributed by atoms with Crippen molar-refractivity contribution in [2.75, 3.05) is 6.54 Å². The molecular formula is C30H37ClFN3O6. The maximum absolute atomic E-state index is 13.7. The molecule has 3 amide bonds. The topological polar surface area (TPSA) is 134 Å². The fourth-order valence-corrected chi connectivity index (χ4v) is 5.13. The summed E-state index contributed by atoms with van der Waals surface area (Å²) in [5.74, 6) is -3.24. The summed E-state index contributed by atoms with van der Waals surface area (Å²) in [5, 5.41) is 17.9. The van der Waals surface area contributed by atoms with Gasteiger partial charge in [0, 0.05) is 22.9 Å². The van der Waals surface area contributed by atoms with Gasteiger partial charge in [-0.05, 0) is 60.6 Å². The van der Waals surface area contributed by atoms with Crippen LogP contribution in [0, 0.1) is 17.7 Å². The molecule has 0 saturated carbocycles. The Morgan fingerprint density at radius 2 is 1.80 bits per heavy atom. The molecule has 41 heavy (non-hydrogen) atoms. The van der Waals surface area contributed by atoms with Crippen molar-refractivity contribution in [1.29, 1.82) is 0 Å². The molecule has 4 atom stereocenters. The van der Waals surface area contributed by atoms with Gasteiger partial charge in [-0.15, -0.1) is 0 Å². The van der Waals surface area contributed by atoms with Crippen molar-refractivity contribution in [3.63, 3.8) is 0 Å². The zero-order valence-corrected chi connectivity index (χ0v) is 24.3. The lowest BCUT2D eigenvalue weighted by Gasteiger charge is -2.35. The molecule has 3 rings (SSSR count). The van der Waals surface area contributed by atoms with E-state index in [9.17, 15) is 28.7 Å². The summed E-state index contributed by atoms with van der Waals surface area (Å²) in [4.78, 5) is 50.4. The van der Waals surface area contributed by atoms with Crippen LogP contribution in [-0.2, 0) is 24.5 Å². The molecule has 11 heteroatoms. The number of ether oxygens (including phenoxy) is 1. The van der Waals surface area contributed by atoms with Crippen LogP contribution < -0.4 is 16.0 Å². The minimum Gasteiger partial charge on any atom is -0.480 e. The Kier molecular flexibility index (Phi) is 10.7. The number of hydrogen-bond donors (Lipinski definition) is 4. The number of hydrogen-bond acceptors (Lipinski definition) is 5. The number of nitrogens with one attached hydrogen (secondary N) is 3. The number of carbonyl (C=O) groups excluding carboxylic acids is 3. The molecule has 0 bridgehead atoms. The van der Waals surface area contributed by atoms with Crippen molar-refractivity contribution < 1.29 is 33.4 Å². The van der Waals surface area contributed by atoms with E-state index in [1.54, 1.807) is 18.2 Å². The molecule has 0 aliphatic carbocycles. The molecule has 1 aliphatic rings. The minimum atomic E-state index is -1.31. The predicted octanol–water partition coefficient (Wildman–Crippen LogP) is 4.73. The average Bonchev–Trinajstić information content (AvgIpc) is 3.30. The van der Waals surface area contributed by atoms with Crippen LogP contribution in [0.4, 0.5) is 9.18 Å². The van der Waals surface area contributed by atoms with E-state index >= 15 is 0 Å². The van der Waals surface area contributed by atoms with Gasteiger partial charge in [0.1, 0.15) is 24.0 Å². The van der Waals surface area contributed by atoms with E-state index in [2.05, 4.69) is 16.0 Å². The average molecular weight is 590 g/mol. The summed E-state index contributed by atoms with van der Waals surface area (Å²) >= 11 is 6.23. The van der Waals surface area contributed by atoms with Gasteiger partial charge in [-0.2, -0.15) is 0 Å². The highest BCUT2D eigenvalue weighted by Crippen LogP contribution is 2.40. The molecular weight excluding hydrogens is 553 g/mol. The van der Waals surface area contributed by atoms with Crippen LogP contribution in [0.15, 0.2) is 48.5 Å². The molecule has 1 fully saturated rings. The van der Waals surface area contributed by atoms with Crippen molar-refractivity contribution in [2.24, 2.45) is 11.8 Å². The highest BCUT2D eigenvalue weighted by Gasteiger charge is 2.38. The second-order valence-electron chi connectivity index (χ2n) is 11.3. The molecule has 2 aromatic carbocycles. The summed E-state index contributed by atoms with van der Waals surface area (Å²) in [7, 11) is 0. The highest BCUT2D eigenvalue weighted by atomic mass is 35.5. The summed E-state index contributed by atoms with van der Waals surface area (Å²) < 4.78 is 19.6. The molecule has 4 N–H and O–H groups in total. The lowest BCUT2D eigenvalue weighted by molar-refractivity contribution is -0.143. The van der Waals surface area contributed by atoms with Crippen molar-refractivity contribution in [3.05, 3.63) is 70.5 Å². The Hall–Kier alpha value is -3.66. The van der Waals surface area contributed by atoms with E-state index in [4.69, 9.17) is 16.3 Å². The number of carboxylic acids is 1. The van der Waals surface area contributed by atoms with E-state index in [1.165, 1.54) is 24.3 Å². The first-order valence-corrected chi connectivity index (χ1v) is 13.9. The van der Waals surface area contributed by atoms with Crippen molar-refractivity contribution in [3.8, 4) is 0 Å². The third-order valence-corrected chi connectivity index (χ3v) is 7.47. The maximum atomic E-state index is 13.7. The zero-order chi connectivity index (χ0) is 30.3. The zero-order valence-electron chi connectivity index (χ0n) is 23.6. The van der Waals surface area contributed by atoms with E-state index in [1.807, 2.05) is 33.8 Å². The molecule has 1 aliphatic heterocycles. The summed E-state index contributed by atoms with van der Waals surface area (Å²) in [6.07, 6.45) is -1.19. The maximum Gasteiger partial charge on any atom is 0.408 e. The van der Waals surface area contributed by atoms with Gasteiger partial charge in [-0.3, -0.25) is 9.59 Å². The predicted molar refractivity (Wildman–Crippen MR) is 152 cm³/mol. The van der Waals surface area contributed by atoms with Gasteiger partial charge in [0.15, 0.2) is 0 Å². The standard InChI is InChI=1S/C30H37ClFN3O6/c1-17(2)14-23(27(37)34-24(28(38)39)15-19-12-13-33-26(19)36)35-29(40)41-25(18-8-10-22(32)11-9-18)30(3,4)20-6-5-7-21(31)16-20/h5-11,16-17,19,23-25H,12-15H2,1-4H3,(H,33,36)(H,34,37)(H,35,40)(H,38,39)/t19-,23-,24-,25?/m0/s1. The Labute approximate surface area is 244 Å². The molecule has 222 valence electrons.